The highest BCUT2D eigenvalue weighted by Gasteiger charge is 2.24. The molecule has 6 nitrogen and oxygen atoms in total. The van der Waals surface area contributed by atoms with Gasteiger partial charge >= 0.3 is 0 Å². The van der Waals surface area contributed by atoms with Gasteiger partial charge in [0.15, 0.2) is 5.58 Å². The van der Waals surface area contributed by atoms with E-state index in [9.17, 15) is 0 Å². The molecule has 0 atom stereocenters. The number of nitrogens with zero attached hydrogens (tertiary/aromatic N) is 2. The molecule has 0 unspecified atom stereocenters. The summed E-state index contributed by atoms with van der Waals surface area (Å²) in [6.07, 6.45) is 8.52. The van der Waals surface area contributed by atoms with E-state index in [1.807, 2.05) is 12.1 Å². The summed E-state index contributed by atoms with van der Waals surface area (Å²) in [4.78, 5) is 4.93. The van der Waals surface area contributed by atoms with Gasteiger partial charge in [-0.1, -0.05) is 5.16 Å². The zero-order chi connectivity index (χ0) is 21.9. The molecule has 170 valence electrons. The van der Waals surface area contributed by atoms with Crippen LogP contribution in [0.4, 0.5) is 0 Å². The standard InChI is InChI=1S/C25H32N4O2S/c26-13-19-4-5-20(32-19)15-29-11-9-17(10-12-29)3-7-23-21-6-8-24(30-16-18-1-2-18)22(14-27)25(21)31-28-23/h4-6,8,13,17-18,26H,1-3,7,9-12,14-16,27H2. The van der Waals surface area contributed by atoms with E-state index in [0.717, 1.165) is 77.9 Å². The van der Waals surface area contributed by atoms with Crippen molar-refractivity contribution in [2.75, 3.05) is 19.7 Å². The Kier molecular flexibility index (Phi) is 6.57. The van der Waals surface area contributed by atoms with Crippen molar-refractivity contribution in [3.63, 3.8) is 0 Å². The number of fused-ring (bicyclic) bond motifs is 1. The Morgan fingerprint density at radius 1 is 1.16 bits per heavy atom. The van der Waals surface area contributed by atoms with Gasteiger partial charge in [0.2, 0.25) is 0 Å². The molecular formula is C25H32N4O2S. The Morgan fingerprint density at radius 2 is 2.00 bits per heavy atom. The first-order valence-corrected chi connectivity index (χ1v) is 12.6. The number of likely N-dealkylation sites (tertiary alicyclic amines) is 1. The van der Waals surface area contributed by atoms with Gasteiger partial charge in [0.05, 0.1) is 17.9 Å². The lowest BCUT2D eigenvalue weighted by molar-refractivity contribution is 0.173. The summed E-state index contributed by atoms with van der Waals surface area (Å²) < 4.78 is 11.7. The van der Waals surface area contributed by atoms with Gasteiger partial charge in [-0.25, -0.2) is 0 Å². The van der Waals surface area contributed by atoms with E-state index >= 15 is 0 Å². The molecule has 3 N–H and O–H groups in total. The molecule has 1 aliphatic carbocycles. The first-order valence-electron chi connectivity index (χ1n) is 11.8. The smallest absolute Gasteiger partial charge is 0.175 e. The van der Waals surface area contributed by atoms with E-state index in [1.165, 1.54) is 36.8 Å². The molecule has 1 aromatic carbocycles. The third-order valence-corrected chi connectivity index (χ3v) is 7.87. The monoisotopic (exact) mass is 452 g/mol. The Hall–Kier alpha value is -2.22. The lowest BCUT2D eigenvalue weighted by atomic mass is 9.91. The van der Waals surface area contributed by atoms with Crippen molar-refractivity contribution in [2.24, 2.45) is 17.6 Å². The number of ether oxygens (including phenoxy) is 1. The minimum atomic E-state index is 0.399. The molecule has 2 aliphatic rings. The first-order chi connectivity index (χ1) is 15.7. The highest BCUT2D eigenvalue weighted by atomic mass is 32.1. The highest BCUT2D eigenvalue weighted by Crippen LogP contribution is 2.34. The molecule has 2 aromatic heterocycles. The van der Waals surface area contributed by atoms with Crippen LogP contribution in [0.5, 0.6) is 5.75 Å². The lowest BCUT2D eigenvalue weighted by Crippen LogP contribution is -2.33. The van der Waals surface area contributed by atoms with Crippen molar-refractivity contribution in [3.05, 3.63) is 45.3 Å². The fourth-order valence-electron chi connectivity index (χ4n) is 4.64. The largest absolute Gasteiger partial charge is 0.493 e. The Balaban J connectivity index is 1.15. The molecule has 32 heavy (non-hydrogen) atoms. The maximum atomic E-state index is 7.38. The summed E-state index contributed by atoms with van der Waals surface area (Å²) in [6, 6.07) is 8.33. The number of piperidine rings is 1. The zero-order valence-corrected chi connectivity index (χ0v) is 19.3. The van der Waals surface area contributed by atoms with Crippen LogP contribution in [0.2, 0.25) is 0 Å². The maximum Gasteiger partial charge on any atom is 0.175 e. The summed E-state index contributed by atoms with van der Waals surface area (Å²) in [7, 11) is 0. The molecule has 1 saturated carbocycles. The van der Waals surface area contributed by atoms with Crippen LogP contribution in [0.25, 0.3) is 11.0 Å². The van der Waals surface area contributed by atoms with E-state index in [2.05, 4.69) is 22.2 Å². The number of hydrogen-bond acceptors (Lipinski definition) is 7. The molecule has 2 fully saturated rings. The first kappa shape index (κ1) is 21.6. The van der Waals surface area contributed by atoms with E-state index in [0.29, 0.717) is 12.5 Å². The fraction of sp³-hybridized carbons (Fsp3) is 0.520. The van der Waals surface area contributed by atoms with Crippen molar-refractivity contribution in [2.45, 2.75) is 51.6 Å². The van der Waals surface area contributed by atoms with Crippen LogP contribution < -0.4 is 10.5 Å². The molecule has 3 aromatic rings. The molecule has 7 heteroatoms. The Morgan fingerprint density at radius 3 is 2.72 bits per heavy atom. The third kappa shape index (κ3) is 4.90. The second kappa shape index (κ2) is 9.73. The number of aromatic nitrogens is 1. The molecule has 1 saturated heterocycles. The van der Waals surface area contributed by atoms with Gasteiger partial charge in [0.25, 0.3) is 0 Å². The third-order valence-electron chi connectivity index (χ3n) is 6.85. The maximum absolute atomic E-state index is 7.38. The van der Waals surface area contributed by atoms with Crippen LogP contribution >= 0.6 is 11.3 Å². The van der Waals surface area contributed by atoms with Gasteiger partial charge in [-0.3, -0.25) is 4.90 Å². The van der Waals surface area contributed by atoms with E-state index in [-0.39, 0.29) is 0 Å². The van der Waals surface area contributed by atoms with Crippen LogP contribution in [0.15, 0.2) is 28.8 Å². The minimum absolute atomic E-state index is 0.399. The van der Waals surface area contributed by atoms with Gasteiger partial charge in [-0.15, -0.1) is 11.3 Å². The summed E-state index contributed by atoms with van der Waals surface area (Å²) in [5.74, 6) is 2.28. The number of hydrogen-bond donors (Lipinski definition) is 2. The molecule has 0 amide bonds. The second-order valence-corrected chi connectivity index (χ2v) is 10.4. The quantitative estimate of drug-likeness (QED) is 0.424. The van der Waals surface area contributed by atoms with E-state index < -0.39 is 0 Å². The summed E-state index contributed by atoms with van der Waals surface area (Å²) in [5, 5.41) is 12.9. The Labute approximate surface area is 193 Å². The average Bonchev–Trinajstić information content (AvgIpc) is 3.39. The number of rotatable bonds is 10. The number of aryl methyl sites for hydroxylation is 1. The van der Waals surface area contributed by atoms with Crippen molar-refractivity contribution < 1.29 is 9.26 Å². The summed E-state index contributed by atoms with van der Waals surface area (Å²) >= 11 is 1.73. The van der Waals surface area contributed by atoms with E-state index in [4.69, 9.17) is 20.4 Å². The number of thiophene rings is 1. The minimum Gasteiger partial charge on any atom is -0.493 e. The van der Waals surface area contributed by atoms with Crippen molar-refractivity contribution in [1.29, 1.82) is 5.41 Å². The molecule has 3 heterocycles. The lowest BCUT2D eigenvalue weighted by Gasteiger charge is -2.31. The second-order valence-electron chi connectivity index (χ2n) is 9.21. The van der Waals surface area contributed by atoms with Gasteiger partial charge in [-0.05, 0) is 87.7 Å². The summed E-state index contributed by atoms with van der Waals surface area (Å²) in [6.45, 7) is 4.46. The van der Waals surface area contributed by atoms with Crippen molar-refractivity contribution in [1.82, 2.24) is 10.1 Å². The van der Waals surface area contributed by atoms with E-state index in [1.54, 1.807) is 11.3 Å². The van der Waals surface area contributed by atoms with Crippen LogP contribution in [-0.4, -0.2) is 36.0 Å². The van der Waals surface area contributed by atoms with Crippen LogP contribution in [0.1, 0.15) is 53.1 Å². The molecule has 1 aliphatic heterocycles. The Bertz CT molecular complexity index is 1060. The predicted molar refractivity (Wildman–Crippen MR) is 129 cm³/mol. The van der Waals surface area contributed by atoms with Gasteiger partial charge in [0, 0.05) is 34.4 Å². The topological polar surface area (TPSA) is 88.4 Å². The van der Waals surface area contributed by atoms with Crippen LogP contribution in [0, 0.1) is 17.2 Å². The number of benzene rings is 1. The molecule has 0 radical (unpaired) electrons. The normalized spacial score (nSPS) is 17.8. The SMILES string of the molecule is N=Cc1ccc(CN2CCC(CCc3noc4c(CN)c(OCC5CC5)ccc34)CC2)s1. The van der Waals surface area contributed by atoms with Crippen LogP contribution in [0.3, 0.4) is 0 Å². The number of nitrogens with one attached hydrogen (secondary N) is 1. The van der Waals surface area contributed by atoms with Crippen molar-refractivity contribution >= 4 is 28.5 Å². The molecule has 0 bridgehead atoms. The summed E-state index contributed by atoms with van der Waals surface area (Å²) in [5.41, 5.74) is 8.82. The fourth-order valence-corrected chi connectivity index (χ4v) is 5.52. The van der Waals surface area contributed by atoms with Gasteiger partial charge in [0.1, 0.15) is 5.75 Å². The molecule has 0 spiro atoms. The average molecular weight is 453 g/mol. The highest BCUT2D eigenvalue weighted by molar-refractivity contribution is 7.13. The molecule has 5 rings (SSSR count). The van der Waals surface area contributed by atoms with Gasteiger partial charge in [-0.2, -0.15) is 0 Å². The van der Waals surface area contributed by atoms with Gasteiger partial charge < -0.3 is 20.4 Å². The van der Waals surface area contributed by atoms with Crippen LogP contribution in [-0.2, 0) is 19.5 Å². The molecular weight excluding hydrogens is 420 g/mol. The number of nitrogens with two attached hydrogens (primary N) is 1. The zero-order valence-electron chi connectivity index (χ0n) is 18.5. The van der Waals surface area contributed by atoms with Crippen molar-refractivity contribution in [3.8, 4) is 5.75 Å². The predicted octanol–water partition coefficient (Wildman–Crippen LogP) is 4.98.